The molecule has 1 aliphatic rings. The maximum atomic E-state index is 13.9. The van der Waals surface area contributed by atoms with Crippen molar-refractivity contribution >= 4 is 46.8 Å². The van der Waals surface area contributed by atoms with E-state index >= 15 is 0 Å². The lowest BCUT2D eigenvalue weighted by molar-refractivity contribution is 0.608. The van der Waals surface area contributed by atoms with E-state index in [0.717, 1.165) is 49.5 Å². The largest absolute Gasteiger partial charge is 0.356 e. The molecule has 7 nitrogen and oxygen atoms in total. The fourth-order valence-corrected chi connectivity index (χ4v) is 3.71. The van der Waals surface area contributed by atoms with Crippen molar-refractivity contribution < 1.29 is 4.39 Å². The number of pyridine rings is 1. The number of anilines is 1. The van der Waals surface area contributed by atoms with Gasteiger partial charge in [0, 0.05) is 45.5 Å². The van der Waals surface area contributed by atoms with Crippen molar-refractivity contribution in [3.05, 3.63) is 54.7 Å². The number of aliphatic imine (C=N–C) groups is 1. The number of imidazole rings is 1. The Morgan fingerprint density at radius 1 is 1.23 bits per heavy atom. The summed E-state index contributed by atoms with van der Waals surface area (Å²) in [6.45, 7) is 3.17. The fourth-order valence-electron chi connectivity index (χ4n) is 3.71. The van der Waals surface area contributed by atoms with E-state index in [4.69, 9.17) is 0 Å². The molecule has 9 heteroatoms. The molecular weight excluding hydrogens is 496 g/mol. The lowest BCUT2D eigenvalue weighted by Gasteiger charge is -2.20. The summed E-state index contributed by atoms with van der Waals surface area (Å²) < 4.78 is 16.1. The number of nitrogens with one attached hydrogen (secondary N) is 2. The average molecular weight is 523 g/mol. The highest BCUT2D eigenvalue weighted by molar-refractivity contribution is 14.0. The molecule has 0 aliphatic carbocycles. The predicted molar refractivity (Wildman–Crippen MR) is 129 cm³/mol. The Morgan fingerprint density at radius 2 is 2.10 bits per heavy atom. The van der Waals surface area contributed by atoms with Gasteiger partial charge in [0.1, 0.15) is 0 Å². The number of hydrogen-bond acceptors (Lipinski definition) is 4. The molecule has 3 heterocycles. The van der Waals surface area contributed by atoms with Crippen LogP contribution in [0.5, 0.6) is 0 Å². The SMILES string of the molecule is CN=C(NCCCn1cnc2ccccc21)NC1CCN(c2ncccc2F)C1.I. The third kappa shape index (κ3) is 5.18. The van der Waals surface area contributed by atoms with Crippen molar-refractivity contribution in [2.45, 2.75) is 25.4 Å². The smallest absolute Gasteiger partial charge is 0.191 e. The standard InChI is InChI=1S/C21H26FN7.HI/c1-23-21(25-11-5-12-29-15-26-18-7-2-3-8-19(18)29)27-16-9-13-28(14-16)20-17(22)6-4-10-24-20;/h2-4,6-8,10,15-16H,5,9,11-14H2,1H3,(H2,23,25,27);1H. The van der Waals surface area contributed by atoms with Gasteiger partial charge in [0.15, 0.2) is 17.6 Å². The number of para-hydroxylation sites is 2. The van der Waals surface area contributed by atoms with Crippen LogP contribution in [0.15, 0.2) is 53.9 Å². The third-order valence-electron chi connectivity index (χ3n) is 5.19. The molecule has 0 amide bonds. The summed E-state index contributed by atoms with van der Waals surface area (Å²) in [5, 5.41) is 6.81. The molecule has 160 valence electrons. The first-order valence-electron chi connectivity index (χ1n) is 9.97. The van der Waals surface area contributed by atoms with Crippen LogP contribution < -0.4 is 15.5 Å². The molecule has 2 N–H and O–H groups in total. The number of hydrogen-bond donors (Lipinski definition) is 2. The van der Waals surface area contributed by atoms with Crippen molar-refractivity contribution in [1.29, 1.82) is 0 Å². The molecule has 30 heavy (non-hydrogen) atoms. The van der Waals surface area contributed by atoms with Crippen molar-refractivity contribution in [1.82, 2.24) is 25.2 Å². The van der Waals surface area contributed by atoms with Gasteiger partial charge in [-0.05, 0) is 37.1 Å². The molecule has 1 saturated heterocycles. The fraction of sp³-hybridized carbons (Fsp3) is 0.381. The maximum absolute atomic E-state index is 13.9. The second kappa shape index (κ2) is 10.6. The summed E-state index contributed by atoms with van der Waals surface area (Å²) in [7, 11) is 1.77. The minimum absolute atomic E-state index is 0. The zero-order chi connectivity index (χ0) is 20.1. The number of aryl methyl sites for hydroxylation is 1. The van der Waals surface area contributed by atoms with E-state index < -0.39 is 0 Å². The van der Waals surface area contributed by atoms with E-state index in [0.29, 0.717) is 12.4 Å². The number of fused-ring (bicyclic) bond motifs is 1. The molecule has 1 atom stereocenters. The van der Waals surface area contributed by atoms with Gasteiger partial charge in [-0.1, -0.05) is 12.1 Å². The van der Waals surface area contributed by atoms with Crippen LogP contribution in [0.4, 0.5) is 10.2 Å². The second-order valence-corrected chi connectivity index (χ2v) is 7.16. The molecule has 2 aromatic heterocycles. The minimum atomic E-state index is -0.275. The molecule has 1 unspecified atom stereocenters. The average Bonchev–Trinajstić information content (AvgIpc) is 3.38. The Morgan fingerprint density at radius 3 is 2.93 bits per heavy atom. The molecular formula is C21H27FIN7. The van der Waals surface area contributed by atoms with Crippen LogP contribution in [-0.2, 0) is 6.54 Å². The number of aromatic nitrogens is 3. The van der Waals surface area contributed by atoms with E-state index in [1.54, 1.807) is 19.3 Å². The van der Waals surface area contributed by atoms with E-state index in [1.165, 1.54) is 6.07 Å². The topological polar surface area (TPSA) is 70.4 Å². The van der Waals surface area contributed by atoms with Crippen LogP contribution in [0.1, 0.15) is 12.8 Å². The molecule has 0 radical (unpaired) electrons. The van der Waals surface area contributed by atoms with Crippen molar-refractivity contribution in [2.24, 2.45) is 4.99 Å². The third-order valence-corrected chi connectivity index (χ3v) is 5.19. The zero-order valence-corrected chi connectivity index (χ0v) is 19.3. The first kappa shape index (κ1) is 22.3. The van der Waals surface area contributed by atoms with E-state index in [1.807, 2.05) is 29.4 Å². The highest BCUT2D eigenvalue weighted by atomic mass is 127. The second-order valence-electron chi connectivity index (χ2n) is 7.16. The van der Waals surface area contributed by atoms with Crippen LogP contribution in [0.25, 0.3) is 11.0 Å². The summed E-state index contributed by atoms with van der Waals surface area (Å²) in [6.07, 6.45) is 5.39. The highest BCUT2D eigenvalue weighted by Gasteiger charge is 2.25. The summed E-state index contributed by atoms with van der Waals surface area (Å²) in [5.74, 6) is 0.920. The lowest BCUT2D eigenvalue weighted by atomic mass is 10.3. The molecule has 1 fully saturated rings. The van der Waals surface area contributed by atoms with Crippen LogP contribution in [0.3, 0.4) is 0 Å². The Labute approximate surface area is 192 Å². The van der Waals surface area contributed by atoms with Gasteiger partial charge < -0.3 is 20.1 Å². The molecule has 4 rings (SSSR count). The molecule has 1 aliphatic heterocycles. The highest BCUT2D eigenvalue weighted by Crippen LogP contribution is 2.20. The minimum Gasteiger partial charge on any atom is -0.356 e. The van der Waals surface area contributed by atoms with Gasteiger partial charge in [0.05, 0.1) is 17.4 Å². The summed E-state index contributed by atoms with van der Waals surface area (Å²) in [4.78, 5) is 14.9. The first-order valence-corrected chi connectivity index (χ1v) is 9.97. The quantitative estimate of drug-likeness (QED) is 0.225. The van der Waals surface area contributed by atoms with Crippen LogP contribution in [0, 0.1) is 5.82 Å². The van der Waals surface area contributed by atoms with Crippen LogP contribution in [0.2, 0.25) is 0 Å². The predicted octanol–water partition coefficient (Wildman–Crippen LogP) is 3.02. The molecule has 0 bridgehead atoms. The number of halogens is 2. The van der Waals surface area contributed by atoms with Gasteiger partial charge in [-0.2, -0.15) is 0 Å². The molecule has 3 aromatic rings. The van der Waals surface area contributed by atoms with Gasteiger partial charge in [-0.25, -0.2) is 14.4 Å². The van der Waals surface area contributed by atoms with Gasteiger partial charge in [-0.15, -0.1) is 24.0 Å². The molecule has 0 saturated carbocycles. The van der Waals surface area contributed by atoms with Crippen LogP contribution in [-0.4, -0.2) is 53.2 Å². The van der Waals surface area contributed by atoms with Crippen LogP contribution >= 0.6 is 24.0 Å². The Kier molecular flexibility index (Phi) is 7.83. The number of guanidine groups is 1. The normalized spacial score (nSPS) is 16.5. The number of rotatable bonds is 6. The monoisotopic (exact) mass is 523 g/mol. The number of nitrogens with zero attached hydrogens (tertiary/aromatic N) is 5. The molecule has 0 spiro atoms. The summed E-state index contributed by atoms with van der Waals surface area (Å²) in [6, 6.07) is 11.4. The van der Waals surface area contributed by atoms with Crippen molar-refractivity contribution in [3.8, 4) is 0 Å². The van der Waals surface area contributed by atoms with E-state index in [2.05, 4.69) is 36.2 Å². The van der Waals surface area contributed by atoms with Gasteiger partial charge in [0.25, 0.3) is 0 Å². The molecule has 1 aromatic carbocycles. The van der Waals surface area contributed by atoms with Gasteiger partial charge in [0.2, 0.25) is 0 Å². The van der Waals surface area contributed by atoms with E-state index in [-0.39, 0.29) is 35.8 Å². The van der Waals surface area contributed by atoms with Gasteiger partial charge in [-0.3, -0.25) is 4.99 Å². The summed E-state index contributed by atoms with van der Waals surface area (Å²) >= 11 is 0. The van der Waals surface area contributed by atoms with E-state index in [9.17, 15) is 4.39 Å². The summed E-state index contributed by atoms with van der Waals surface area (Å²) in [5.41, 5.74) is 2.18. The van der Waals surface area contributed by atoms with Gasteiger partial charge >= 0.3 is 0 Å². The Balaban J connectivity index is 0.00000256. The lowest BCUT2D eigenvalue weighted by Crippen LogP contribution is -2.45. The zero-order valence-electron chi connectivity index (χ0n) is 17.0. The Hall–Kier alpha value is -2.43. The first-order chi connectivity index (χ1) is 14.2. The maximum Gasteiger partial charge on any atom is 0.191 e. The number of benzene rings is 1. The van der Waals surface area contributed by atoms with Crippen molar-refractivity contribution in [2.75, 3.05) is 31.6 Å². The Bertz CT molecular complexity index is 990. The van der Waals surface area contributed by atoms with Crippen molar-refractivity contribution in [3.63, 3.8) is 0 Å².